The minimum atomic E-state index is 0. The Hall–Kier alpha value is -1.76. The van der Waals surface area contributed by atoms with Crippen molar-refractivity contribution in [1.82, 2.24) is 10.6 Å². The van der Waals surface area contributed by atoms with E-state index in [1.807, 2.05) is 18.2 Å². The Morgan fingerprint density at radius 3 is 2.44 bits per heavy atom. The number of halogens is 1. The van der Waals surface area contributed by atoms with Crippen LogP contribution in [0.15, 0.2) is 59.6 Å². The average Bonchev–Trinajstić information content (AvgIpc) is 2.59. The van der Waals surface area contributed by atoms with E-state index in [9.17, 15) is 5.11 Å². The summed E-state index contributed by atoms with van der Waals surface area (Å²) in [5.74, 6) is 1.17. The zero-order chi connectivity index (χ0) is 17.0. The van der Waals surface area contributed by atoms with E-state index in [0.717, 1.165) is 50.4 Å². The van der Waals surface area contributed by atoms with Gasteiger partial charge in [-0.25, -0.2) is 0 Å². The Morgan fingerprint density at radius 2 is 1.72 bits per heavy atom. The van der Waals surface area contributed by atoms with E-state index in [2.05, 4.69) is 46.8 Å². The summed E-state index contributed by atoms with van der Waals surface area (Å²) in [6.45, 7) is 4.50. The molecule has 5 heteroatoms. The zero-order valence-electron chi connectivity index (χ0n) is 14.7. The third-order valence-electron chi connectivity index (χ3n) is 3.70. The molecule has 0 aromatic heterocycles. The SMILES string of the molecule is CCNC(=NCCCc1ccccc1)NCCc1cccc(O)c1.I. The highest BCUT2D eigenvalue weighted by molar-refractivity contribution is 14.0. The van der Waals surface area contributed by atoms with Crippen LogP contribution in [0, 0.1) is 0 Å². The van der Waals surface area contributed by atoms with Gasteiger partial charge in [-0.2, -0.15) is 0 Å². The number of hydrogen-bond donors (Lipinski definition) is 3. The molecule has 0 radical (unpaired) electrons. The van der Waals surface area contributed by atoms with E-state index in [0.29, 0.717) is 5.75 Å². The minimum absolute atomic E-state index is 0. The molecule has 0 bridgehead atoms. The van der Waals surface area contributed by atoms with Gasteiger partial charge in [0.25, 0.3) is 0 Å². The topological polar surface area (TPSA) is 56.7 Å². The van der Waals surface area contributed by atoms with Crippen molar-refractivity contribution >= 4 is 29.9 Å². The lowest BCUT2D eigenvalue weighted by atomic mass is 10.1. The predicted molar refractivity (Wildman–Crippen MR) is 116 cm³/mol. The highest BCUT2D eigenvalue weighted by atomic mass is 127. The van der Waals surface area contributed by atoms with Crippen molar-refractivity contribution in [2.24, 2.45) is 4.99 Å². The van der Waals surface area contributed by atoms with E-state index in [1.54, 1.807) is 12.1 Å². The molecule has 0 aliphatic carbocycles. The molecule has 3 N–H and O–H groups in total. The lowest BCUT2D eigenvalue weighted by Gasteiger charge is -2.11. The molecule has 0 aliphatic rings. The number of aromatic hydroxyl groups is 1. The molecule has 0 unspecified atom stereocenters. The maximum absolute atomic E-state index is 9.49. The second kappa shape index (κ2) is 12.6. The van der Waals surface area contributed by atoms with Crippen molar-refractivity contribution in [3.63, 3.8) is 0 Å². The van der Waals surface area contributed by atoms with Crippen LogP contribution < -0.4 is 10.6 Å². The molecule has 0 atom stereocenters. The Morgan fingerprint density at radius 1 is 0.960 bits per heavy atom. The Kier molecular flexibility index (Phi) is 10.7. The van der Waals surface area contributed by atoms with Gasteiger partial charge in [0.05, 0.1) is 0 Å². The minimum Gasteiger partial charge on any atom is -0.508 e. The predicted octanol–water partition coefficient (Wildman–Crippen LogP) is 3.74. The fourth-order valence-corrected chi connectivity index (χ4v) is 2.50. The molecule has 2 aromatic rings. The zero-order valence-corrected chi connectivity index (χ0v) is 17.1. The summed E-state index contributed by atoms with van der Waals surface area (Å²) >= 11 is 0. The van der Waals surface area contributed by atoms with Gasteiger partial charge >= 0.3 is 0 Å². The van der Waals surface area contributed by atoms with Crippen LogP contribution >= 0.6 is 24.0 Å². The van der Waals surface area contributed by atoms with E-state index in [4.69, 9.17) is 0 Å². The summed E-state index contributed by atoms with van der Waals surface area (Å²) in [5, 5.41) is 16.1. The monoisotopic (exact) mass is 453 g/mol. The number of benzene rings is 2. The van der Waals surface area contributed by atoms with Crippen molar-refractivity contribution in [3.8, 4) is 5.75 Å². The van der Waals surface area contributed by atoms with Crippen LogP contribution in [0.1, 0.15) is 24.5 Å². The van der Waals surface area contributed by atoms with Gasteiger partial charge in [-0.15, -0.1) is 24.0 Å². The summed E-state index contributed by atoms with van der Waals surface area (Å²) in [6, 6.07) is 17.9. The number of hydrogen-bond acceptors (Lipinski definition) is 2. The Bertz CT molecular complexity index is 632. The first-order valence-corrected chi connectivity index (χ1v) is 8.62. The molecule has 0 aliphatic heterocycles. The van der Waals surface area contributed by atoms with Crippen molar-refractivity contribution in [2.45, 2.75) is 26.2 Å². The van der Waals surface area contributed by atoms with Gasteiger partial charge in [0.15, 0.2) is 5.96 Å². The number of phenolic OH excluding ortho intramolecular Hbond substituents is 1. The van der Waals surface area contributed by atoms with Gasteiger partial charge in [0.2, 0.25) is 0 Å². The molecule has 0 saturated carbocycles. The second-order valence-corrected chi connectivity index (χ2v) is 5.70. The first-order valence-electron chi connectivity index (χ1n) is 8.62. The van der Waals surface area contributed by atoms with Crippen LogP contribution in [0.2, 0.25) is 0 Å². The maximum Gasteiger partial charge on any atom is 0.191 e. The van der Waals surface area contributed by atoms with Crippen LogP contribution in [0.25, 0.3) is 0 Å². The molecule has 2 rings (SSSR count). The Balaban J connectivity index is 0.00000312. The largest absolute Gasteiger partial charge is 0.508 e. The second-order valence-electron chi connectivity index (χ2n) is 5.70. The van der Waals surface area contributed by atoms with Gasteiger partial charge in [0, 0.05) is 19.6 Å². The van der Waals surface area contributed by atoms with Crippen molar-refractivity contribution in [3.05, 3.63) is 65.7 Å². The van der Waals surface area contributed by atoms with Crippen LogP contribution in [0.4, 0.5) is 0 Å². The molecular formula is C20H28IN3O. The van der Waals surface area contributed by atoms with E-state index < -0.39 is 0 Å². The number of aryl methyl sites for hydroxylation is 1. The average molecular weight is 453 g/mol. The van der Waals surface area contributed by atoms with Gasteiger partial charge in [-0.05, 0) is 49.4 Å². The Labute approximate surface area is 167 Å². The number of nitrogens with one attached hydrogen (secondary N) is 2. The van der Waals surface area contributed by atoms with E-state index in [-0.39, 0.29) is 24.0 Å². The fourth-order valence-electron chi connectivity index (χ4n) is 2.50. The molecule has 0 saturated heterocycles. The molecule has 0 spiro atoms. The summed E-state index contributed by atoms with van der Waals surface area (Å²) in [5.41, 5.74) is 2.47. The van der Waals surface area contributed by atoms with Crippen molar-refractivity contribution in [2.75, 3.05) is 19.6 Å². The first-order chi connectivity index (χ1) is 11.8. The summed E-state index contributed by atoms with van der Waals surface area (Å²) < 4.78 is 0. The van der Waals surface area contributed by atoms with Crippen LogP contribution in [-0.2, 0) is 12.8 Å². The van der Waals surface area contributed by atoms with E-state index in [1.165, 1.54) is 5.56 Å². The van der Waals surface area contributed by atoms with Gasteiger partial charge in [-0.1, -0.05) is 42.5 Å². The van der Waals surface area contributed by atoms with Crippen LogP contribution in [0.5, 0.6) is 5.75 Å². The van der Waals surface area contributed by atoms with Gasteiger partial charge < -0.3 is 15.7 Å². The summed E-state index contributed by atoms with van der Waals surface area (Å²) in [6.07, 6.45) is 2.93. The maximum atomic E-state index is 9.49. The van der Waals surface area contributed by atoms with Crippen LogP contribution in [-0.4, -0.2) is 30.7 Å². The number of guanidine groups is 1. The molecule has 0 amide bonds. The third-order valence-corrected chi connectivity index (χ3v) is 3.70. The number of phenols is 1. The lowest BCUT2D eigenvalue weighted by molar-refractivity contribution is 0.474. The molecule has 0 heterocycles. The quantitative estimate of drug-likeness (QED) is 0.247. The highest BCUT2D eigenvalue weighted by Crippen LogP contribution is 2.10. The summed E-state index contributed by atoms with van der Waals surface area (Å²) in [4.78, 5) is 4.62. The van der Waals surface area contributed by atoms with Crippen molar-refractivity contribution < 1.29 is 5.11 Å². The molecule has 25 heavy (non-hydrogen) atoms. The first kappa shape index (κ1) is 21.3. The van der Waals surface area contributed by atoms with E-state index >= 15 is 0 Å². The number of rotatable bonds is 8. The number of nitrogens with zero attached hydrogens (tertiary/aromatic N) is 1. The smallest absolute Gasteiger partial charge is 0.191 e. The molecular weight excluding hydrogens is 425 g/mol. The van der Waals surface area contributed by atoms with Crippen molar-refractivity contribution in [1.29, 1.82) is 0 Å². The molecule has 2 aromatic carbocycles. The fraction of sp³-hybridized carbons (Fsp3) is 0.350. The number of aliphatic imine (C=N–C) groups is 1. The third kappa shape index (κ3) is 8.77. The molecule has 136 valence electrons. The standard InChI is InChI=1S/C20H27N3O.HI/c1-2-21-20(22-14-7-11-17-8-4-3-5-9-17)23-15-13-18-10-6-12-19(24)16-18;/h3-6,8-10,12,16,24H,2,7,11,13-15H2,1H3,(H2,21,22,23);1H. The summed E-state index contributed by atoms with van der Waals surface area (Å²) in [7, 11) is 0. The van der Waals surface area contributed by atoms with Gasteiger partial charge in [0.1, 0.15) is 5.75 Å². The molecule has 0 fully saturated rings. The van der Waals surface area contributed by atoms with Crippen LogP contribution in [0.3, 0.4) is 0 Å². The molecule has 4 nitrogen and oxygen atoms in total. The lowest BCUT2D eigenvalue weighted by Crippen LogP contribution is -2.38. The highest BCUT2D eigenvalue weighted by Gasteiger charge is 1.99. The normalized spacial score (nSPS) is 10.8. The van der Waals surface area contributed by atoms with Gasteiger partial charge in [-0.3, -0.25) is 4.99 Å².